The maximum atomic E-state index is 12.2. The van der Waals surface area contributed by atoms with E-state index in [2.05, 4.69) is 10.7 Å². The number of benzene rings is 1. The number of rotatable bonds is 5. The first-order valence-corrected chi connectivity index (χ1v) is 6.67. The number of nitro benzene ring substituents is 1. The highest BCUT2D eigenvalue weighted by Crippen LogP contribution is 2.22. The van der Waals surface area contributed by atoms with Crippen molar-refractivity contribution in [1.29, 1.82) is 0 Å². The zero-order valence-electron chi connectivity index (χ0n) is 11.7. The molecule has 0 aliphatic carbocycles. The zero-order valence-corrected chi connectivity index (χ0v) is 11.7. The lowest BCUT2D eigenvalue weighted by Crippen LogP contribution is -2.32. The molecule has 0 bridgehead atoms. The highest BCUT2D eigenvalue weighted by atomic mass is 16.6. The molecule has 1 aliphatic heterocycles. The summed E-state index contributed by atoms with van der Waals surface area (Å²) in [5.74, 6) is 5.19. The summed E-state index contributed by atoms with van der Waals surface area (Å²) >= 11 is 0. The number of hydrogen-bond acceptors (Lipinski definition) is 6. The Hall–Kier alpha value is -2.19. The Balaban J connectivity index is 2.10. The number of nitrogens with zero attached hydrogens (tertiary/aromatic N) is 1. The molecule has 1 heterocycles. The maximum absolute atomic E-state index is 12.2. The molecule has 1 amide bonds. The molecule has 4 N–H and O–H groups in total. The molecule has 1 fully saturated rings. The van der Waals surface area contributed by atoms with Crippen molar-refractivity contribution in [3.05, 3.63) is 33.9 Å². The molecule has 0 saturated carbocycles. The third kappa shape index (κ3) is 3.47. The van der Waals surface area contributed by atoms with Crippen molar-refractivity contribution >= 4 is 17.3 Å². The Morgan fingerprint density at radius 1 is 1.57 bits per heavy atom. The third-order valence-electron chi connectivity index (χ3n) is 3.67. The fraction of sp³-hybridized carbons (Fsp3) is 0.462. The minimum Gasteiger partial charge on any atom is -0.378 e. The minimum absolute atomic E-state index is 0.0995. The van der Waals surface area contributed by atoms with Crippen molar-refractivity contribution in [3.8, 4) is 0 Å². The van der Waals surface area contributed by atoms with E-state index < -0.39 is 10.8 Å². The molecule has 114 valence electrons. The van der Waals surface area contributed by atoms with Crippen LogP contribution in [-0.4, -0.2) is 30.1 Å². The number of anilines is 1. The third-order valence-corrected chi connectivity index (χ3v) is 3.67. The number of nitro groups is 1. The molecule has 8 heteroatoms. The molecule has 1 saturated heterocycles. The average Bonchev–Trinajstić information content (AvgIpc) is 2.89. The molecule has 21 heavy (non-hydrogen) atoms. The quantitative estimate of drug-likeness (QED) is 0.424. The number of carbonyl (C=O) groups is 1. The highest BCUT2D eigenvalue weighted by molar-refractivity contribution is 6.00. The Morgan fingerprint density at radius 3 is 2.90 bits per heavy atom. The molecule has 0 radical (unpaired) electrons. The van der Waals surface area contributed by atoms with Crippen LogP contribution in [0.5, 0.6) is 0 Å². The van der Waals surface area contributed by atoms with E-state index in [4.69, 9.17) is 10.6 Å². The Labute approximate surface area is 121 Å². The van der Waals surface area contributed by atoms with E-state index in [1.165, 1.54) is 18.2 Å². The van der Waals surface area contributed by atoms with Crippen molar-refractivity contribution in [2.24, 2.45) is 11.8 Å². The summed E-state index contributed by atoms with van der Waals surface area (Å²) in [5, 5.41) is 13.6. The van der Waals surface area contributed by atoms with Crippen LogP contribution in [0.25, 0.3) is 0 Å². The number of amides is 1. The molecular weight excluding hydrogens is 276 g/mol. The summed E-state index contributed by atoms with van der Waals surface area (Å²) in [4.78, 5) is 22.4. The standard InChI is InChI=1S/C13H18N4O4/c1-8-9(4-5-21-8)7-15-13(18)11-6-10(17(19)20)2-3-12(11)16-14/h2-3,6,8-9,16H,4-5,7,14H2,1H3,(H,15,18). The van der Waals surface area contributed by atoms with E-state index in [0.717, 1.165) is 6.42 Å². The number of nitrogens with two attached hydrogens (primary N) is 1. The fourth-order valence-electron chi connectivity index (χ4n) is 2.32. The van der Waals surface area contributed by atoms with Crippen molar-refractivity contribution in [3.63, 3.8) is 0 Å². The SMILES string of the molecule is CC1OCCC1CNC(=O)c1cc([N+](=O)[O-])ccc1NN. The largest absolute Gasteiger partial charge is 0.378 e. The number of ether oxygens (including phenoxy) is 1. The number of non-ortho nitro benzene ring substituents is 1. The van der Waals surface area contributed by atoms with E-state index in [1.54, 1.807) is 0 Å². The first-order chi connectivity index (χ1) is 10.0. The van der Waals surface area contributed by atoms with Gasteiger partial charge in [-0.1, -0.05) is 0 Å². The van der Waals surface area contributed by atoms with Gasteiger partial charge in [-0.15, -0.1) is 0 Å². The fourth-order valence-corrected chi connectivity index (χ4v) is 2.32. The molecule has 1 aliphatic rings. The van der Waals surface area contributed by atoms with Crippen molar-refractivity contribution in [1.82, 2.24) is 5.32 Å². The van der Waals surface area contributed by atoms with Crippen molar-refractivity contribution in [2.45, 2.75) is 19.4 Å². The van der Waals surface area contributed by atoms with Crippen LogP contribution in [0.2, 0.25) is 0 Å². The van der Waals surface area contributed by atoms with Crippen LogP contribution in [0.4, 0.5) is 11.4 Å². The molecule has 2 atom stereocenters. The number of hydrazine groups is 1. The van der Waals surface area contributed by atoms with Gasteiger partial charge in [0.1, 0.15) is 0 Å². The first kappa shape index (κ1) is 15.2. The molecule has 0 spiro atoms. The van der Waals surface area contributed by atoms with Gasteiger partial charge in [-0.25, -0.2) is 0 Å². The summed E-state index contributed by atoms with van der Waals surface area (Å²) in [6.45, 7) is 3.12. The molecule has 8 nitrogen and oxygen atoms in total. The van der Waals surface area contributed by atoms with Gasteiger partial charge >= 0.3 is 0 Å². The molecule has 2 rings (SSSR count). The van der Waals surface area contributed by atoms with Gasteiger partial charge in [0, 0.05) is 31.2 Å². The van der Waals surface area contributed by atoms with Gasteiger partial charge in [-0.3, -0.25) is 20.8 Å². The van der Waals surface area contributed by atoms with Crippen LogP contribution in [-0.2, 0) is 4.74 Å². The van der Waals surface area contributed by atoms with Gasteiger partial charge in [-0.2, -0.15) is 0 Å². The van der Waals surface area contributed by atoms with Gasteiger partial charge in [0.05, 0.1) is 22.3 Å². The lowest BCUT2D eigenvalue weighted by molar-refractivity contribution is -0.384. The van der Waals surface area contributed by atoms with E-state index in [-0.39, 0.29) is 23.3 Å². The minimum atomic E-state index is -0.552. The second-order valence-corrected chi connectivity index (χ2v) is 4.97. The van der Waals surface area contributed by atoms with E-state index in [1.807, 2.05) is 6.92 Å². The number of hydrogen-bond donors (Lipinski definition) is 3. The second-order valence-electron chi connectivity index (χ2n) is 4.97. The van der Waals surface area contributed by atoms with E-state index in [9.17, 15) is 14.9 Å². The van der Waals surface area contributed by atoms with Gasteiger partial charge in [0.2, 0.25) is 0 Å². The topological polar surface area (TPSA) is 120 Å². The number of nitrogens with one attached hydrogen (secondary N) is 2. The van der Waals surface area contributed by atoms with Crippen molar-refractivity contribution < 1.29 is 14.5 Å². The molecule has 2 unspecified atom stereocenters. The summed E-state index contributed by atoms with van der Waals surface area (Å²) in [6.07, 6.45) is 0.987. The normalized spacial score (nSPS) is 21.0. The zero-order chi connectivity index (χ0) is 15.4. The van der Waals surface area contributed by atoms with E-state index in [0.29, 0.717) is 18.8 Å². The monoisotopic (exact) mass is 294 g/mol. The summed E-state index contributed by atoms with van der Waals surface area (Å²) < 4.78 is 5.43. The smallest absolute Gasteiger partial charge is 0.270 e. The second kappa shape index (κ2) is 6.51. The van der Waals surface area contributed by atoms with Gasteiger partial charge < -0.3 is 15.5 Å². The maximum Gasteiger partial charge on any atom is 0.270 e. The Morgan fingerprint density at radius 2 is 2.33 bits per heavy atom. The predicted molar refractivity (Wildman–Crippen MR) is 76.8 cm³/mol. The van der Waals surface area contributed by atoms with Crippen molar-refractivity contribution in [2.75, 3.05) is 18.6 Å². The molecule has 0 aromatic heterocycles. The molecule has 1 aromatic rings. The lowest BCUT2D eigenvalue weighted by Gasteiger charge is -2.15. The number of carbonyl (C=O) groups excluding carboxylic acids is 1. The van der Waals surface area contributed by atoms with E-state index >= 15 is 0 Å². The highest BCUT2D eigenvalue weighted by Gasteiger charge is 2.25. The average molecular weight is 294 g/mol. The Bertz CT molecular complexity index is 549. The summed E-state index contributed by atoms with van der Waals surface area (Å²) in [5.41, 5.74) is 2.71. The van der Waals surface area contributed by atoms with Crippen LogP contribution < -0.4 is 16.6 Å². The molecule has 1 aromatic carbocycles. The van der Waals surface area contributed by atoms with Crippen LogP contribution in [0.1, 0.15) is 23.7 Å². The van der Waals surface area contributed by atoms with Crippen LogP contribution >= 0.6 is 0 Å². The van der Waals surface area contributed by atoms with Gasteiger partial charge in [-0.05, 0) is 19.4 Å². The molecular formula is C13H18N4O4. The van der Waals surface area contributed by atoms with Crippen LogP contribution in [0.15, 0.2) is 18.2 Å². The number of nitrogen functional groups attached to an aromatic ring is 1. The predicted octanol–water partition coefficient (Wildman–Crippen LogP) is 1.04. The lowest BCUT2D eigenvalue weighted by atomic mass is 10.0. The summed E-state index contributed by atoms with van der Waals surface area (Å²) in [7, 11) is 0. The summed E-state index contributed by atoms with van der Waals surface area (Å²) in [6, 6.07) is 3.91. The van der Waals surface area contributed by atoms with Gasteiger partial charge in [0.25, 0.3) is 11.6 Å². The van der Waals surface area contributed by atoms with Crippen LogP contribution in [0, 0.1) is 16.0 Å². The van der Waals surface area contributed by atoms with Gasteiger partial charge in [0.15, 0.2) is 0 Å². The Kier molecular flexibility index (Phi) is 4.71. The van der Waals surface area contributed by atoms with Crippen LogP contribution in [0.3, 0.4) is 0 Å². The first-order valence-electron chi connectivity index (χ1n) is 6.67.